The van der Waals surface area contributed by atoms with E-state index < -0.39 is 27.9 Å². The molecule has 4 heterocycles. The molecule has 2 aromatic heterocycles. The summed E-state index contributed by atoms with van der Waals surface area (Å²) in [6.07, 6.45) is 2.20. The van der Waals surface area contributed by atoms with E-state index in [9.17, 15) is 22.0 Å². The number of rotatable bonds is 7. The predicted octanol–water partition coefficient (Wildman–Crippen LogP) is 3.58. The number of benzene rings is 1. The quantitative estimate of drug-likeness (QED) is 0.461. The Balaban J connectivity index is 1.28. The van der Waals surface area contributed by atoms with E-state index in [0.29, 0.717) is 5.69 Å². The lowest BCUT2D eigenvalue weighted by atomic mass is 10.0. The molecule has 2 fully saturated rings. The average molecular weight is 574 g/mol. The van der Waals surface area contributed by atoms with Gasteiger partial charge in [0.05, 0.1) is 30.0 Å². The maximum absolute atomic E-state index is 13.0. The van der Waals surface area contributed by atoms with Crippen LogP contribution >= 0.6 is 0 Å². The first-order valence-electron chi connectivity index (χ1n) is 13.3. The summed E-state index contributed by atoms with van der Waals surface area (Å²) in [5, 5.41) is 4.59. The van der Waals surface area contributed by atoms with Crippen LogP contribution in [0.3, 0.4) is 0 Å². The molecule has 40 heavy (non-hydrogen) atoms. The number of fused-ring (bicyclic) bond motifs is 1. The van der Waals surface area contributed by atoms with Crippen LogP contribution in [0.25, 0.3) is 22.0 Å². The number of halogens is 2. The molecule has 0 unspecified atom stereocenters. The van der Waals surface area contributed by atoms with Crippen LogP contribution in [0.5, 0.6) is 0 Å². The Labute approximate surface area is 232 Å². The maximum atomic E-state index is 13.0. The minimum Gasteiger partial charge on any atom is -0.372 e. The zero-order valence-electron chi connectivity index (χ0n) is 22.6. The SMILES string of the molecule is C[C@@H]1CN(c2cccc(-c3ccc4cnc(CC(=O)N[C@H]5C[C@@H](C)N(S(=O)(=O)C(F)F)C5)cc4c3)n2)C[C@H](C)O1. The number of anilines is 1. The molecule has 0 radical (unpaired) electrons. The fourth-order valence-electron chi connectivity index (χ4n) is 5.57. The van der Waals surface area contributed by atoms with Gasteiger partial charge in [0, 0.05) is 48.9 Å². The van der Waals surface area contributed by atoms with Crippen molar-refractivity contribution in [3.8, 4) is 11.3 Å². The molecule has 0 bridgehead atoms. The molecule has 2 aliphatic heterocycles. The molecule has 4 atom stereocenters. The first-order valence-corrected chi connectivity index (χ1v) is 14.8. The van der Waals surface area contributed by atoms with E-state index in [0.717, 1.165) is 45.2 Å². The van der Waals surface area contributed by atoms with Crippen LogP contribution in [-0.4, -0.2) is 78.3 Å². The number of sulfonamides is 1. The number of carbonyl (C=O) groups is 1. The predicted molar refractivity (Wildman–Crippen MR) is 149 cm³/mol. The first-order chi connectivity index (χ1) is 19.0. The van der Waals surface area contributed by atoms with Gasteiger partial charge in [-0.3, -0.25) is 9.78 Å². The van der Waals surface area contributed by atoms with Crippen LogP contribution in [0, 0.1) is 0 Å². The first kappa shape index (κ1) is 28.3. The number of amides is 1. The Morgan fingerprint density at radius 3 is 2.55 bits per heavy atom. The van der Waals surface area contributed by atoms with E-state index in [-0.39, 0.29) is 37.5 Å². The van der Waals surface area contributed by atoms with Crippen LogP contribution in [0.4, 0.5) is 14.6 Å². The van der Waals surface area contributed by atoms with Gasteiger partial charge in [0.2, 0.25) is 5.91 Å². The standard InChI is InChI=1S/C28H33F2N5O4S/c1-17-9-24(16-35(17)40(37,38)28(29)30)32-27(36)12-23-11-22-10-20(7-8-21(22)13-31-23)25-5-4-6-26(33-25)34-14-18(2)39-19(3)15-34/h4-8,10-11,13,17-19,24,28H,9,12,14-16H2,1-3H3,(H,32,36)/t17-,18-,19+,24+/m1/s1. The van der Waals surface area contributed by atoms with Crippen molar-refractivity contribution >= 4 is 32.5 Å². The summed E-state index contributed by atoms with van der Waals surface area (Å²) in [5.74, 6) is -2.94. The molecule has 214 valence electrons. The van der Waals surface area contributed by atoms with Gasteiger partial charge in [0.1, 0.15) is 5.82 Å². The summed E-state index contributed by atoms with van der Waals surface area (Å²) in [5.41, 5.74) is 2.31. The zero-order chi connectivity index (χ0) is 28.6. The second kappa shape index (κ2) is 11.3. The second-order valence-electron chi connectivity index (χ2n) is 10.7. The summed E-state index contributed by atoms with van der Waals surface area (Å²) in [4.78, 5) is 24.3. The summed E-state index contributed by atoms with van der Waals surface area (Å²) in [6, 6.07) is 12.6. The normalized spacial score (nSPS) is 24.1. The highest BCUT2D eigenvalue weighted by Crippen LogP contribution is 2.27. The van der Waals surface area contributed by atoms with Gasteiger partial charge in [-0.2, -0.15) is 13.1 Å². The minimum absolute atomic E-state index is 0.0201. The number of pyridine rings is 2. The van der Waals surface area contributed by atoms with Gasteiger partial charge in [-0.1, -0.05) is 18.2 Å². The smallest absolute Gasteiger partial charge is 0.350 e. The fourth-order valence-corrected chi connectivity index (χ4v) is 6.75. The highest BCUT2D eigenvalue weighted by Gasteiger charge is 2.42. The largest absolute Gasteiger partial charge is 0.372 e. The molecular weight excluding hydrogens is 540 g/mol. The van der Waals surface area contributed by atoms with E-state index in [1.807, 2.05) is 42.5 Å². The number of hydrogen-bond acceptors (Lipinski definition) is 7. The Kier molecular flexibility index (Phi) is 8.03. The molecule has 2 saturated heterocycles. The molecule has 2 aliphatic rings. The number of ether oxygens (including phenoxy) is 1. The molecule has 1 amide bonds. The number of morpholine rings is 1. The zero-order valence-corrected chi connectivity index (χ0v) is 23.4. The molecule has 0 aliphatic carbocycles. The summed E-state index contributed by atoms with van der Waals surface area (Å²) in [7, 11) is -4.70. The van der Waals surface area contributed by atoms with Crippen LogP contribution < -0.4 is 10.2 Å². The monoisotopic (exact) mass is 573 g/mol. The average Bonchev–Trinajstić information content (AvgIpc) is 3.28. The molecule has 3 aromatic rings. The van der Waals surface area contributed by atoms with Crippen LogP contribution in [0.1, 0.15) is 32.9 Å². The van der Waals surface area contributed by atoms with E-state index in [2.05, 4.69) is 29.0 Å². The molecular formula is C28H33F2N5O4S. The third-order valence-corrected chi connectivity index (χ3v) is 8.94. The van der Waals surface area contributed by atoms with Crippen LogP contribution in [0.2, 0.25) is 0 Å². The topological polar surface area (TPSA) is 105 Å². The van der Waals surface area contributed by atoms with Crippen molar-refractivity contribution in [1.82, 2.24) is 19.6 Å². The van der Waals surface area contributed by atoms with Crippen molar-refractivity contribution < 1.29 is 26.7 Å². The lowest BCUT2D eigenvalue weighted by Crippen LogP contribution is -2.45. The van der Waals surface area contributed by atoms with Gasteiger partial charge in [0.25, 0.3) is 10.0 Å². The molecule has 9 nitrogen and oxygen atoms in total. The van der Waals surface area contributed by atoms with Crippen molar-refractivity contribution in [2.75, 3.05) is 24.5 Å². The molecule has 12 heteroatoms. The Bertz CT molecular complexity index is 1500. The maximum Gasteiger partial charge on any atom is 0.350 e. The third-order valence-electron chi connectivity index (χ3n) is 7.33. The lowest BCUT2D eigenvalue weighted by molar-refractivity contribution is -0.121. The lowest BCUT2D eigenvalue weighted by Gasteiger charge is -2.36. The van der Waals surface area contributed by atoms with E-state index in [1.54, 1.807) is 13.1 Å². The molecule has 1 N–H and O–H groups in total. The van der Waals surface area contributed by atoms with Gasteiger partial charge < -0.3 is 15.0 Å². The highest BCUT2D eigenvalue weighted by atomic mass is 32.2. The number of carbonyl (C=O) groups excluding carboxylic acids is 1. The Morgan fingerprint density at radius 1 is 1.07 bits per heavy atom. The number of aromatic nitrogens is 2. The fraction of sp³-hybridized carbons (Fsp3) is 0.464. The third kappa shape index (κ3) is 6.08. The molecule has 1 aromatic carbocycles. The summed E-state index contributed by atoms with van der Waals surface area (Å²) < 4.78 is 56.3. The van der Waals surface area contributed by atoms with Crippen molar-refractivity contribution in [3.63, 3.8) is 0 Å². The van der Waals surface area contributed by atoms with Crippen molar-refractivity contribution in [2.45, 2.75) is 63.7 Å². The number of nitrogens with zero attached hydrogens (tertiary/aromatic N) is 4. The van der Waals surface area contributed by atoms with E-state index >= 15 is 0 Å². The van der Waals surface area contributed by atoms with Crippen molar-refractivity contribution in [3.05, 3.63) is 54.4 Å². The number of nitrogens with one attached hydrogen (secondary N) is 1. The van der Waals surface area contributed by atoms with Gasteiger partial charge in [-0.25, -0.2) is 13.4 Å². The van der Waals surface area contributed by atoms with E-state index in [4.69, 9.17) is 9.72 Å². The van der Waals surface area contributed by atoms with Crippen molar-refractivity contribution in [2.24, 2.45) is 0 Å². The summed E-state index contributed by atoms with van der Waals surface area (Å²) in [6.45, 7) is 7.04. The molecule has 0 spiro atoms. The highest BCUT2D eigenvalue weighted by molar-refractivity contribution is 7.89. The number of alkyl halides is 2. The van der Waals surface area contributed by atoms with Crippen molar-refractivity contribution in [1.29, 1.82) is 0 Å². The molecule has 0 saturated carbocycles. The van der Waals surface area contributed by atoms with Crippen LogP contribution in [-0.2, 0) is 26.0 Å². The molecule has 5 rings (SSSR count). The van der Waals surface area contributed by atoms with Gasteiger partial charge in [-0.05, 0) is 56.8 Å². The van der Waals surface area contributed by atoms with Gasteiger partial charge in [0.15, 0.2) is 0 Å². The van der Waals surface area contributed by atoms with Gasteiger partial charge >= 0.3 is 5.76 Å². The van der Waals surface area contributed by atoms with Crippen LogP contribution in [0.15, 0.2) is 48.7 Å². The minimum atomic E-state index is -4.70. The Hall–Kier alpha value is -3.22. The van der Waals surface area contributed by atoms with E-state index in [1.165, 1.54) is 0 Å². The van der Waals surface area contributed by atoms with Gasteiger partial charge in [-0.15, -0.1) is 0 Å². The summed E-state index contributed by atoms with van der Waals surface area (Å²) >= 11 is 0. The second-order valence-corrected chi connectivity index (χ2v) is 12.5. The Morgan fingerprint density at radius 2 is 1.82 bits per heavy atom. The number of hydrogen-bond donors (Lipinski definition) is 1.